The van der Waals surface area contributed by atoms with Crippen molar-refractivity contribution in [3.63, 3.8) is 0 Å². The topological polar surface area (TPSA) is 87.3 Å². The summed E-state index contributed by atoms with van der Waals surface area (Å²) < 4.78 is 7.64. The number of nitrogens with zero attached hydrogens (tertiary/aromatic N) is 6. The van der Waals surface area contributed by atoms with Crippen LogP contribution in [-0.4, -0.2) is 50.5 Å². The predicted molar refractivity (Wildman–Crippen MR) is 134 cm³/mol. The number of aryl methyl sites for hydroxylation is 1. The van der Waals surface area contributed by atoms with E-state index in [9.17, 15) is 10.1 Å². The number of nitriles is 1. The Hall–Kier alpha value is -3.87. The van der Waals surface area contributed by atoms with Crippen LogP contribution >= 0.6 is 11.8 Å². The van der Waals surface area contributed by atoms with Crippen molar-refractivity contribution in [1.82, 2.24) is 24.3 Å². The van der Waals surface area contributed by atoms with Crippen molar-refractivity contribution in [2.75, 3.05) is 26.2 Å². The molecule has 0 spiro atoms. The maximum absolute atomic E-state index is 13.4. The highest BCUT2D eigenvalue weighted by Gasteiger charge is 2.35. The van der Waals surface area contributed by atoms with Gasteiger partial charge in [-0.15, -0.1) is 0 Å². The standard InChI is InChI=1S/C26H22N6O2S/c1-17-15-19(34-18-5-3-2-4-6-18)7-8-20(17)32-21-9-10-28-24-22(21)23(29-26(32)33)25(35-24)31-13-11-30(16-27)12-14-31/h2-10,15,25H,11-14H2,1H3. The molecule has 35 heavy (non-hydrogen) atoms. The van der Waals surface area contributed by atoms with Gasteiger partial charge < -0.3 is 9.64 Å². The van der Waals surface area contributed by atoms with Crippen LogP contribution in [0.1, 0.15) is 16.6 Å². The van der Waals surface area contributed by atoms with Crippen molar-refractivity contribution in [3.8, 4) is 23.4 Å². The number of hydrogen-bond donors (Lipinski definition) is 0. The SMILES string of the molecule is Cc1cc(Oc2ccccc2)ccc1-n1c(=O)nc2c3c(nccc31)SC2N1CCN(C#N)CC1. The molecule has 1 fully saturated rings. The monoisotopic (exact) mass is 482 g/mol. The summed E-state index contributed by atoms with van der Waals surface area (Å²) in [6.07, 6.45) is 3.97. The molecule has 1 saturated heterocycles. The lowest BCUT2D eigenvalue weighted by Gasteiger charge is -2.35. The summed E-state index contributed by atoms with van der Waals surface area (Å²) in [5.41, 5.74) is 2.93. The van der Waals surface area contributed by atoms with E-state index in [2.05, 4.69) is 21.1 Å². The zero-order valence-corrected chi connectivity index (χ0v) is 19.9. The molecule has 0 bridgehead atoms. The summed E-state index contributed by atoms with van der Waals surface area (Å²) in [4.78, 5) is 26.6. The van der Waals surface area contributed by atoms with Crippen LogP contribution in [0.5, 0.6) is 11.5 Å². The van der Waals surface area contributed by atoms with Crippen LogP contribution < -0.4 is 10.4 Å². The number of rotatable bonds is 4. The third-order valence-corrected chi connectivity index (χ3v) is 7.71. The van der Waals surface area contributed by atoms with Gasteiger partial charge in [0.05, 0.1) is 22.3 Å². The lowest BCUT2D eigenvalue weighted by Crippen LogP contribution is -2.45. The lowest BCUT2D eigenvalue weighted by atomic mass is 10.1. The molecule has 1 unspecified atom stereocenters. The number of thioether (sulfide) groups is 1. The third kappa shape index (κ3) is 3.81. The number of aromatic nitrogens is 3. The number of hydrogen-bond acceptors (Lipinski definition) is 8. The maximum atomic E-state index is 13.4. The molecule has 4 aromatic rings. The van der Waals surface area contributed by atoms with E-state index in [0.29, 0.717) is 18.8 Å². The molecule has 0 amide bonds. The highest BCUT2D eigenvalue weighted by Crippen LogP contribution is 2.48. The van der Waals surface area contributed by atoms with Crippen molar-refractivity contribution in [2.45, 2.75) is 17.3 Å². The average Bonchev–Trinajstić information content (AvgIpc) is 3.25. The molecule has 2 aromatic heterocycles. The van der Waals surface area contributed by atoms with Gasteiger partial charge in [-0.25, -0.2) is 9.78 Å². The summed E-state index contributed by atoms with van der Waals surface area (Å²) >= 11 is 1.63. The fraction of sp³-hybridized carbons (Fsp3) is 0.231. The van der Waals surface area contributed by atoms with Crippen molar-refractivity contribution in [2.24, 2.45) is 0 Å². The Balaban J connectivity index is 1.39. The van der Waals surface area contributed by atoms with Crippen molar-refractivity contribution >= 4 is 22.7 Å². The summed E-state index contributed by atoms with van der Waals surface area (Å²) in [6, 6.07) is 17.2. The Bertz CT molecular complexity index is 1520. The van der Waals surface area contributed by atoms with Gasteiger partial charge in [-0.3, -0.25) is 9.47 Å². The fourth-order valence-electron chi connectivity index (χ4n) is 4.71. The number of ether oxygens (including phenoxy) is 1. The quantitative estimate of drug-likeness (QED) is 0.402. The van der Waals surface area contributed by atoms with Gasteiger partial charge in [0.2, 0.25) is 0 Å². The first kappa shape index (κ1) is 21.6. The molecule has 2 aliphatic heterocycles. The molecule has 8 nitrogen and oxygen atoms in total. The molecule has 0 N–H and O–H groups in total. The number of benzene rings is 2. The van der Waals surface area contributed by atoms with Crippen molar-refractivity contribution in [3.05, 3.63) is 82.5 Å². The van der Waals surface area contributed by atoms with Gasteiger partial charge in [-0.2, -0.15) is 10.2 Å². The molecule has 4 heterocycles. The molecular formula is C26H22N6O2S. The molecule has 9 heteroatoms. The fourth-order valence-corrected chi connectivity index (χ4v) is 6.01. The Kier molecular flexibility index (Phi) is 5.40. The maximum Gasteiger partial charge on any atom is 0.352 e. The number of piperazine rings is 1. The van der Waals surface area contributed by atoms with E-state index >= 15 is 0 Å². The van der Waals surface area contributed by atoms with E-state index in [-0.39, 0.29) is 11.1 Å². The van der Waals surface area contributed by atoms with Gasteiger partial charge in [0.25, 0.3) is 0 Å². The number of pyridine rings is 1. The minimum absolute atomic E-state index is 0.0756. The zero-order chi connectivity index (χ0) is 23.9. The smallest absolute Gasteiger partial charge is 0.352 e. The zero-order valence-electron chi connectivity index (χ0n) is 19.1. The van der Waals surface area contributed by atoms with E-state index in [4.69, 9.17) is 4.74 Å². The van der Waals surface area contributed by atoms with Crippen LogP contribution in [0, 0.1) is 18.4 Å². The third-order valence-electron chi connectivity index (χ3n) is 6.43. The Morgan fingerprint density at radius 2 is 1.86 bits per heavy atom. The second kappa shape index (κ2) is 8.73. The average molecular weight is 483 g/mol. The summed E-state index contributed by atoms with van der Waals surface area (Å²) in [5, 5.41) is 10.9. The molecular weight excluding hydrogens is 460 g/mol. The van der Waals surface area contributed by atoms with Gasteiger partial charge in [0.15, 0.2) is 6.19 Å². The van der Waals surface area contributed by atoms with E-state index in [0.717, 1.165) is 51.7 Å². The molecule has 0 aliphatic carbocycles. The van der Waals surface area contributed by atoms with Crippen LogP contribution in [0.15, 0.2) is 70.6 Å². The second-order valence-corrected chi connectivity index (χ2v) is 9.65. The normalized spacial score (nSPS) is 17.5. The Labute approximate surface area is 206 Å². The molecule has 1 atom stereocenters. The Morgan fingerprint density at radius 3 is 2.60 bits per heavy atom. The predicted octanol–water partition coefficient (Wildman–Crippen LogP) is 4.08. The highest BCUT2D eigenvalue weighted by molar-refractivity contribution is 8.00. The molecule has 0 saturated carbocycles. The van der Waals surface area contributed by atoms with E-state index in [1.54, 1.807) is 27.4 Å². The molecule has 6 rings (SSSR count). The van der Waals surface area contributed by atoms with Crippen LogP contribution in [0.25, 0.3) is 16.6 Å². The van der Waals surface area contributed by atoms with Gasteiger partial charge in [0.1, 0.15) is 21.9 Å². The van der Waals surface area contributed by atoms with E-state index in [1.807, 2.05) is 61.5 Å². The van der Waals surface area contributed by atoms with Crippen molar-refractivity contribution < 1.29 is 4.74 Å². The molecule has 0 radical (unpaired) electrons. The van der Waals surface area contributed by atoms with Crippen LogP contribution in [0.4, 0.5) is 0 Å². The summed E-state index contributed by atoms with van der Waals surface area (Å²) in [7, 11) is 0. The first-order valence-electron chi connectivity index (χ1n) is 11.4. The van der Waals surface area contributed by atoms with Crippen LogP contribution in [0.3, 0.4) is 0 Å². The van der Waals surface area contributed by atoms with Crippen molar-refractivity contribution in [1.29, 1.82) is 5.26 Å². The van der Waals surface area contributed by atoms with Crippen LogP contribution in [0.2, 0.25) is 0 Å². The highest BCUT2D eigenvalue weighted by atomic mass is 32.2. The minimum atomic E-state index is -0.312. The second-order valence-electron chi connectivity index (χ2n) is 8.58. The number of para-hydroxylation sites is 1. The van der Waals surface area contributed by atoms with Gasteiger partial charge in [0, 0.05) is 32.4 Å². The Morgan fingerprint density at radius 1 is 1.06 bits per heavy atom. The summed E-state index contributed by atoms with van der Waals surface area (Å²) in [5.74, 6) is 1.46. The van der Waals surface area contributed by atoms with Gasteiger partial charge in [-0.1, -0.05) is 30.0 Å². The first-order chi connectivity index (χ1) is 17.1. The lowest BCUT2D eigenvalue weighted by molar-refractivity contribution is 0.162. The minimum Gasteiger partial charge on any atom is -0.457 e. The largest absolute Gasteiger partial charge is 0.457 e. The summed E-state index contributed by atoms with van der Waals surface area (Å²) in [6.45, 7) is 4.80. The molecule has 2 aromatic carbocycles. The first-order valence-corrected chi connectivity index (χ1v) is 12.3. The molecule has 174 valence electrons. The van der Waals surface area contributed by atoms with Crippen LogP contribution in [-0.2, 0) is 0 Å². The van der Waals surface area contributed by atoms with E-state index in [1.165, 1.54) is 0 Å². The molecule has 2 aliphatic rings. The van der Waals surface area contributed by atoms with Gasteiger partial charge >= 0.3 is 5.69 Å². The van der Waals surface area contributed by atoms with E-state index < -0.39 is 0 Å². The van der Waals surface area contributed by atoms with Gasteiger partial charge in [-0.05, 0) is 48.9 Å².